The van der Waals surface area contributed by atoms with E-state index in [1.165, 1.54) is 0 Å². The molecule has 0 aliphatic heterocycles. The second-order valence-electron chi connectivity index (χ2n) is 1.87. The average Bonchev–Trinajstić information content (AvgIpc) is 1.80. The Bertz CT molecular complexity index is 324. The average molecular weight is 305 g/mol. The second kappa shape index (κ2) is 5.10. The molecule has 0 aliphatic rings. The van der Waals surface area contributed by atoms with Crippen molar-refractivity contribution in [2.45, 2.75) is 11.2 Å². The third kappa shape index (κ3) is 3.30. The van der Waals surface area contributed by atoms with Gasteiger partial charge in [-0.3, -0.25) is 4.55 Å². The minimum absolute atomic E-state index is 0. The van der Waals surface area contributed by atoms with E-state index < -0.39 is 27.3 Å². The predicted molar refractivity (Wildman–Crippen MR) is 35.5 cm³/mol. The summed E-state index contributed by atoms with van der Waals surface area (Å²) in [5.74, 6) is -3.34. The van der Waals surface area contributed by atoms with Gasteiger partial charge in [-0.05, 0) is 0 Å². The number of aliphatic carboxylic acids is 1. The van der Waals surface area contributed by atoms with Gasteiger partial charge in [0.25, 0.3) is 0 Å². The van der Waals surface area contributed by atoms with E-state index in [-0.39, 0.29) is 24.5 Å². The summed E-state index contributed by atoms with van der Waals surface area (Å²) in [4.78, 5) is 9.68. The maximum Gasteiger partial charge on any atom is 1.00 e. The summed E-state index contributed by atoms with van der Waals surface area (Å²) in [5, 5.41) is 1.99. The van der Waals surface area contributed by atoms with E-state index in [9.17, 15) is 30.8 Å². The van der Waals surface area contributed by atoms with E-state index in [4.69, 9.17) is 9.66 Å². The van der Waals surface area contributed by atoms with Gasteiger partial charge in [0.2, 0.25) is 0 Å². The minimum atomic E-state index is -6.41. The molecule has 1 atom stereocenters. The second-order valence-corrected chi connectivity index (χ2v) is 3.39. The molecule has 1 unspecified atom stereocenters. The summed E-state index contributed by atoms with van der Waals surface area (Å²) in [5.41, 5.74) is 0. The summed E-state index contributed by atoms with van der Waals surface area (Å²) in [6.07, 6.45) is -6.24. The fourth-order valence-corrected chi connectivity index (χ4v) is 0.891. The van der Waals surface area contributed by atoms with Crippen molar-refractivity contribution in [3.05, 3.63) is 7.43 Å². The Morgan fingerprint density at radius 1 is 1.13 bits per heavy atom. The van der Waals surface area contributed by atoms with Crippen LogP contribution in [-0.2, 0) is 32.0 Å². The van der Waals surface area contributed by atoms with Crippen LogP contribution in [0.25, 0.3) is 0 Å². The van der Waals surface area contributed by atoms with Gasteiger partial charge >= 0.3 is 44.3 Å². The van der Waals surface area contributed by atoms with Crippen LogP contribution >= 0.6 is 0 Å². The van der Waals surface area contributed by atoms with Gasteiger partial charge in [0, 0.05) is 0 Å². The van der Waals surface area contributed by atoms with Crippen LogP contribution in [-0.4, -0.2) is 35.2 Å². The minimum Gasteiger partial charge on any atom is -0.478 e. The Morgan fingerprint density at radius 2 is 1.40 bits per heavy atom. The molecule has 0 radical (unpaired) electrons. The third-order valence-electron chi connectivity index (χ3n) is 0.995. The van der Waals surface area contributed by atoms with Gasteiger partial charge in [0.1, 0.15) is 0 Å². The molecule has 0 aromatic carbocycles. The van der Waals surface area contributed by atoms with E-state index in [1.54, 1.807) is 0 Å². The molecule has 0 saturated heterocycles. The molecule has 11 heteroatoms. The number of rotatable bonds is 2. The molecule has 0 spiro atoms. The Morgan fingerprint density at radius 3 is 1.40 bits per heavy atom. The third-order valence-corrected chi connectivity index (χ3v) is 2.11. The maximum atomic E-state index is 12.4. The molecule has 0 rings (SSSR count). The van der Waals surface area contributed by atoms with Crippen LogP contribution in [0.15, 0.2) is 0 Å². The number of hydrogen-bond acceptors (Lipinski definition) is 3. The van der Waals surface area contributed by atoms with Crippen molar-refractivity contribution < 1.29 is 57.5 Å². The number of hydrogen-bond donors (Lipinski definition) is 2. The van der Waals surface area contributed by atoms with Gasteiger partial charge in [-0.1, -0.05) is 0 Å². The molecular formula is C4H5CuF4O5S. The molecule has 96 valence electrons. The monoisotopic (exact) mass is 304 g/mol. The largest absolute Gasteiger partial charge is 1.00 e. The van der Waals surface area contributed by atoms with Crippen molar-refractivity contribution in [1.82, 2.24) is 0 Å². The van der Waals surface area contributed by atoms with Gasteiger partial charge in [-0.25, -0.2) is 9.18 Å². The summed E-state index contributed by atoms with van der Waals surface area (Å²) < 4.78 is 74.4. The first kappa shape index (κ1) is 20.1. The number of alkyl halides is 4. The Balaban J connectivity index is -0.000000720. The molecule has 0 amide bonds. The van der Waals surface area contributed by atoms with Crippen molar-refractivity contribution in [2.75, 3.05) is 0 Å². The van der Waals surface area contributed by atoms with Gasteiger partial charge in [-0.2, -0.15) is 21.6 Å². The summed E-state index contributed by atoms with van der Waals surface area (Å²) in [6, 6.07) is 0. The van der Waals surface area contributed by atoms with Crippen molar-refractivity contribution >= 4 is 16.1 Å². The molecule has 2 N–H and O–H groups in total. The quantitative estimate of drug-likeness (QED) is 0.338. The maximum absolute atomic E-state index is 12.4. The molecule has 0 bridgehead atoms. The number of carbonyl (C=O) groups is 1. The summed E-state index contributed by atoms with van der Waals surface area (Å²) in [6.45, 7) is 0. The summed E-state index contributed by atoms with van der Waals surface area (Å²) >= 11 is 0. The first-order valence-electron chi connectivity index (χ1n) is 2.40. The zero-order valence-electron chi connectivity index (χ0n) is 6.84. The zero-order valence-corrected chi connectivity index (χ0v) is 8.60. The molecule has 15 heavy (non-hydrogen) atoms. The van der Waals surface area contributed by atoms with Crippen molar-refractivity contribution in [3.63, 3.8) is 0 Å². The van der Waals surface area contributed by atoms with Crippen LogP contribution in [0, 0.1) is 7.43 Å². The van der Waals surface area contributed by atoms with E-state index in [0.29, 0.717) is 0 Å². The van der Waals surface area contributed by atoms with Gasteiger partial charge in [0.05, 0.1) is 0 Å². The first-order valence-corrected chi connectivity index (χ1v) is 3.84. The van der Waals surface area contributed by atoms with E-state index in [0.717, 1.165) is 0 Å². The Labute approximate surface area is 92.7 Å². The van der Waals surface area contributed by atoms with Crippen molar-refractivity contribution in [1.29, 1.82) is 0 Å². The van der Waals surface area contributed by atoms with Crippen LogP contribution in [0.2, 0.25) is 0 Å². The number of carboxylic acid groups (broad SMARTS) is 1. The molecule has 0 saturated carbocycles. The van der Waals surface area contributed by atoms with Crippen LogP contribution in [0.4, 0.5) is 17.6 Å². The molecule has 0 aromatic rings. The van der Waals surface area contributed by atoms with Crippen molar-refractivity contribution in [2.24, 2.45) is 0 Å². The number of halogens is 4. The standard InChI is InChI=1S/C3H2F4O5S.CH3.Cu/c4-2(1(8)9,3(5,6)7)13(10,11)12;;/h(H,8,9)(H,10,11,12);1H3;/q;-1;+1. The fraction of sp³-hybridized carbons (Fsp3) is 0.500. The molecule has 0 heterocycles. The van der Waals surface area contributed by atoms with Crippen LogP contribution in [0.1, 0.15) is 0 Å². The molecule has 5 nitrogen and oxygen atoms in total. The topological polar surface area (TPSA) is 91.7 Å². The normalized spacial score (nSPS) is 15.5. The van der Waals surface area contributed by atoms with E-state index in [2.05, 4.69) is 0 Å². The summed E-state index contributed by atoms with van der Waals surface area (Å²) in [7, 11) is -6.41. The molecule has 0 aromatic heterocycles. The number of carboxylic acids is 1. The van der Waals surface area contributed by atoms with Crippen LogP contribution in [0.5, 0.6) is 0 Å². The molecule has 0 aliphatic carbocycles. The smallest absolute Gasteiger partial charge is 0.478 e. The first-order chi connectivity index (χ1) is 5.44. The predicted octanol–water partition coefficient (Wildman–Crippen LogP) is 0.635. The fourth-order valence-electron chi connectivity index (χ4n) is 0.378. The van der Waals surface area contributed by atoms with Gasteiger partial charge < -0.3 is 12.5 Å². The van der Waals surface area contributed by atoms with E-state index in [1.807, 2.05) is 0 Å². The van der Waals surface area contributed by atoms with Gasteiger partial charge in [0.15, 0.2) is 0 Å². The Hall–Kier alpha value is -0.381. The zero-order chi connectivity index (χ0) is 11.1. The van der Waals surface area contributed by atoms with Crippen molar-refractivity contribution in [3.8, 4) is 0 Å². The molecule has 0 fully saturated rings. The van der Waals surface area contributed by atoms with Gasteiger partial charge in [-0.15, -0.1) is 0 Å². The molecular weight excluding hydrogens is 300 g/mol. The Kier molecular flexibility index (Phi) is 6.83. The van der Waals surface area contributed by atoms with E-state index >= 15 is 0 Å². The SMILES string of the molecule is O=C(O)C(F)(C(F)(F)F)S(=O)(=O)O.[CH3-].[Cu+]. The van der Waals surface area contributed by atoms with Crippen LogP contribution < -0.4 is 0 Å². The van der Waals surface area contributed by atoms with Crippen LogP contribution in [0.3, 0.4) is 0 Å².